The van der Waals surface area contributed by atoms with E-state index in [0.717, 1.165) is 22.9 Å². The standard InChI is InChI=1S/C11H12BrNO3S/c12-8-5-17-4-7(8)3-13-10(14)9(11(15)16)6-1-2-6/h4-6,9H,1-3H2,(H,13,14)(H,15,16). The fourth-order valence-corrected chi connectivity index (χ4v) is 3.13. The molecule has 2 N–H and O–H groups in total. The van der Waals surface area contributed by atoms with E-state index >= 15 is 0 Å². The summed E-state index contributed by atoms with van der Waals surface area (Å²) in [6, 6.07) is 0. The van der Waals surface area contributed by atoms with Crippen LogP contribution in [-0.4, -0.2) is 17.0 Å². The zero-order valence-corrected chi connectivity index (χ0v) is 11.4. The number of carbonyl (C=O) groups is 2. The number of amides is 1. The van der Waals surface area contributed by atoms with E-state index in [-0.39, 0.29) is 11.8 Å². The largest absolute Gasteiger partial charge is 0.481 e. The summed E-state index contributed by atoms with van der Waals surface area (Å²) < 4.78 is 0.945. The Hall–Kier alpha value is -0.880. The van der Waals surface area contributed by atoms with Gasteiger partial charge in [0.2, 0.25) is 5.91 Å². The third kappa shape index (κ3) is 3.07. The van der Waals surface area contributed by atoms with E-state index < -0.39 is 11.9 Å². The SMILES string of the molecule is O=C(O)C(C(=O)NCc1cscc1Br)C1CC1. The molecule has 0 spiro atoms. The zero-order valence-electron chi connectivity index (χ0n) is 8.98. The Balaban J connectivity index is 1.92. The molecule has 4 nitrogen and oxygen atoms in total. The molecule has 2 rings (SSSR count). The number of hydrogen-bond donors (Lipinski definition) is 2. The lowest BCUT2D eigenvalue weighted by atomic mass is 10.0. The van der Waals surface area contributed by atoms with Crippen LogP contribution >= 0.6 is 27.3 Å². The van der Waals surface area contributed by atoms with Gasteiger partial charge in [0.25, 0.3) is 0 Å². The molecule has 1 aromatic heterocycles. The molecular weight excluding hydrogens is 306 g/mol. The van der Waals surface area contributed by atoms with Gasteiger partial charge in [-0.25, -0.2) is 0 Å². The van der Waals surface area contributed by atoms with Gasteiger partial charge in [-0.15, -0.1) is 0 Å². The second-order valence-corrected chi connectivity index (χ2v) is 5.71. The van der Waals surface area contributed by atoms with Crippen LogP contribution in [0.25, 0.3) is 0 Å². The minimum atomic E-state index is -1.02. The van der Waals surface area contributed by atoms with Crippen LogP contribution in [-0.2, 0) is 16.1 Å². The molecule has 0 aliphatic heterocycles. The van der Waals surface area contributed by atoms with Crippen molar-refractivity contribution in [3.8, 4) is 0 Å². The van der Waals surface area contributed by atoms with E-state index in [0.29, 0.717) is 6.54 Å². The molecule has 0 bridgehead atoms. The van der Waals surface area contributed by atoms with Crippen LogP contribution in [0.2, 0.25) is 0 Å². The number of hydrogen-bond acceptors (Lipinski definition) is 3. The quantitative estimate of drug-likeness (QED) is 0.818. The second-order valence-electron chi connectivity index (χ2n) is 4.12. The van der Waals surface area contributed by atoms with Crippen LogP contribution in [0.4, 0.5) is 0 Å². The summed E-state index contributed by atoms with van der Waals surface area (Å²) in [7, 11) is 0. The van der Waals surface area contributed by atoms with Crippen LogP contribution in [0.15, 0.2) is 15.2 Å². The van der Waals surface area contributed by atoms with Gasteiger partial charge in [0, 0.05) is 16.4 Å². The van der Waals surface area contributed by atoms with E-state index in [4.69, 9.17) is 5.11 Å². The Kier molecular flexibility index (Phi) is 3.83. The van der Waals surface area contributed by atoms with Crippen molar-refractivity contribution < 1.29 is 14.7 Å². The summed E-state index contributed by atoms with van der Waals surface area (Å²) in [5.41, 5.74) is 0.975. The number of carboxylic acid groups (broad SMARTS) is 1. The third-order valence-corrected chi connectivity index (χ3v) is 4.62. The van der Waals surface area contributed by atoms with Crippen LogP contribution in [0.3, 0.4) is 0 Å². The van der Waals surface area contributed by atoms with E-state index in [1.54, 1.807) is 0 Å². The molecule has 1 aromatic rings. The zero-order chi connectivity index (χ0) is 12.4. The van der Waals surface area contributed by atoms with Gasteiger partial charge >= 0.3 is 5.97 Å². The first-order chi connectivity index (χ1) is 8.09. The van der Waals surface area contributed by atoms with Crippen molar-refractivity contribution in [3.05, 3.63) is 20.8 Å². The maximum absolute atomic E-state index is 11.8. The first-order valence-corrected chi connectivity index (χ1v) is 7.04. The lowest BCUT2D eigenvalue weighted by Gasteiger charge is -2.11. The van der Waals surface area contributed by atoms with E-state index in [2.05, 4.69) is 21.2 Å². The van der Waals surface area contributed by atoms with Crippen molar-refractivity contribution in [3.63, 3.8) is 0 Å². The molecule has 1 unspecified atom stereocenters. The van der Waals surface area contributed by atoms with Gasteiger partial charge in [0.05, 0.1) is 0 Å². The number of carbonyl (C=O) groups excluding carboxylic acids is 1. The Morgan fingerprint density at radius 3 is 2.71 bits per heavy atom. The van der Waals surface area contributed by atoms with Crippen LogP contribution in [0.1, 0.15) is 18.4 Å². The van der Waals surface area contributed by atoms with Crippen molar-refractivity contribution in [1.29, 1.82) is 0 Å². The highest BCUT2D eigenvalue weighted by Gasteiger charge is 2.41. The summed E-state index contributed by atoms with van der Waals surface area (Å²) >= 11 is 4.90. The van der Waals surface area contributed by atoms with Gasteiger partial charge in [0.15, 0.2) is 0 Å². The summed E-state index contributed by atoms with van der Waals surface area (Å²) in [6.07, 6.45) is 1.68. The Morgan fingerprint density at radius 1 is 1.53 bits per heavy atom. The fraction of sp³-hybridized carbons (Fsp3) is 0.455. The topological polar surface area (TPSA) is 66.4 Å². The molecule has 1 heterocycles. The third-order valence-electron chi connectivity index (χ3n) is 2.78. The fourth-order valence-electron chi connectivity index (χ4n) is 1.68. The Morgan fingerprint density at radius 2 is 2.24 bits per heavy atom. The molecular formula is C11H12BrNO3S. The van der Waals surface area contributed by atoms with Gasteiger partial charge in [-0.1, -0.05) is 0 Å². The monoisotopic (exact) mass is 317 g/mol. The number of halogens is 1. The summed E-state index contributed by atoms with van der Waals surface area (Å²) in [6.45, 7) is 0.374. The van der Waals surface area contributed by atoms with Crippen LogP contribution < -0.4 is 5.32 Å². The number of nitrogens with one attached hydrogen (secondary N) is 1. The molecule has 1 aliphatic rings. The summed E-state index contributed by atoms with van der Waals surface area (Å²) in [5, 5.41) is 15.5. The van der Waals surface area contributed by atoms with Crippen LogP contribution in [0.5, 0.6) is 0 Å². The average molecular weight is 318 g/mol. The van der Waals surface area contributed by atoms with Gasteiger partial charge in [-0.2, -0.15) is 11.3 Å². The van der Waals surface area contributed by atoms with Gasteiger partial charge < -0.3 is 10.4 Å². The predicted molar refractivity (Wildman–Crippen MR) is 67.7 cm³/mol. The molecule has 1 saturated carbocycles. The smallest absolute Gasteiger partial charge is 0.316 e. The number of thiophene rings is 1. The highest BCUT2D eigenvalue weighted by Crippen LogP contribution is 2.37. The Bertz CT molecular complexity index is 442. The van der Waals surface area contributed by atoms with Gasteiger partial charge in [-0.3, -0.25) is 9.59 Å². The lowest BCUT2D eigenvalue weighted by Crippen LogP contribution is -2.36. The molecule has 1 amide bonds. The van der Waals surface area contributed by atoms with Crippen molar-refractivity contribution >= 4 is 39.1 Å². The first kappa shape index (κ1) is 12.6. The predicted octanol–water partition coefficient (Wildman–Crippen LogP) is 2.24. The highest BCUT2D eigenvalue weighted by atomic mass is 79.9. The molecule has 0 radical (unpaired) electrons. The maximum Gasteiger partial charge on any atom is 0.316 e. The molecule has 1 fully saturated rings. The average Bonchev–Trinajstić information content (AvgIpc) is 2.99. The summed E-state index contributed by atoms with van der Waals surface area (Å²) in [5.74, 6) is -2.25. The van der Waals surface area contributed by atoms with Crippen molar-refractivity contribution in [2.24, 2.45) is 11.8 Å². The minimum Gasteiger partial charge on any atom is -0.481 e. The second kappa shape index (κ2) is 5.18. The first-order valence-electron chi connectivity index (χ1n) is 5.30. The molecule has 0 aromatic carbocycles. The number of aliphatic carboxylic acids is 1. The molecule has 1 atom stereocenters. The van der Waals surface area contributed by atoms with E-state index in [9.17, 15) is 9.59 Å². The summed E-state index contributed by atoms with van der Waals surface area (Å²) in [4.78, 5) is 22.8. The maximum atomic E-state index is 11.8. The number of carboxylic acids is 1. The minimum absolute atomic E-state index is 0.0263. The van der Waals surface area contributed by atoms with Crippen molar-refractivity contribution in [2.75, 3.05) is 0 Å². The molecule has 92 valence electrons. The van der Waals surface area contributed by atoms with Gasteiger partial charge in [0.1, 0.15) is 5.92 Å². The molecule has 0 saturated heterocycles. The van der Waals surface area contributed by atoms with Gasteiger partial charge in [-0.05, 0) is 45.6 Å². The van der Waals surface area contributed by atoms with E-state index in [1.807, 2.05) is 10.8 Å². The lowest BCUT2D eigenvalue weighted by molar-refractivity contribution is -0.147. The highest BCUT2D eigenvalue weighted by molar-refractivity contribution is 9.10. The normalized spacial score (nSPS) is 16.5. The molecule has 6 heteroatoms. The van der Waals surface area contributed by atoms with Crippen LogP contribution in [0, 0.1) is 11.8 Å². The van der Waals surface area contributed by atoms with Crippen molar-refractivity contribution in [2.45, 2.75) is 19.4 Å². The molecule has 17 heavy (non-hydrogen) atoms. The van der Waals surface area contributed by atoms with E-state index in [1.165, 1.54) is 11.3 Å². The number of rotatable bonds is 5. The van der Waals surface area contributed by atoms with Crippen molar-refractivity contribution in [1.82, 2.24) is 5.32 Å². The Labute approximate surface area is 111 Å². The molecule has 1 aliphatic carbocycles.